The average Bonchev–Trinajstić information content (AvgIpc) is 2.68. The van der Waals surface area contributed by atoms with E-state index < -0.39 is 4.92 Å². The van der Waals surface area contributed by atoms with Crippen LogP contribution in [0.3, 0.4) is 0 Å². The Morgan fingerprint density at radius 2 is 2.20 bits per heavy atom. The van der Waals surface area contributed by atoms with Gasteiger partial charge in [-0.1, -0.05) is 13.8 Å². The topological polar surface area (TPSA) is 83.9 Å². The van der Waals surface area contributed by atoms with Crippen LogP contribution in [0.5, 0.6) is 0 Å². The molecule has 0 bridgehead atoms. The molecule has 0 aliphatic rings. The first-order chi connectivity index (χ1) is 9.45. The van der Waals surface area contributed by atoms with Gasteiger partial charge in [0.2, 0.25) is 0 Å². The highest BCUT2D eigenvalue weighted by Gasteiger charge is 2.17. The summed E-state index contributed by atoms with van der Waals surface area (Å²) in [6.07, 6.45) is 0. The summed E-state index contributed by atoms with van der Waals surface area (Å²) in [5.41, 5.74) is 2.21. The van der Waals surface area contributed by atoms with Gasteiger partial charge < -0.3 is 9.88 Å². The molecule has 0 spiro atoms. The second-order valence-corrected chi connectivity index (χ2v) is 4.99. The van der Waals surface area contributed by atoms with Crippen molar-refractivity contribution in [3.63, 3.8) is 0 Å². The summed E-state index contributed by atoms with van der Waals surface area (Å²) >= 11 is 0. The fourth-order valence-electron chi connectivity index (χ4n) is 2.25. The third kappa shape index (κ3) is 2.36. The van der Waals surface area contributed by atoms with E-state index in [2.05, 4.69) is 11.4 Å². The fraction of sp³-hybridized carbons (Fsp3) is 0.357. The molecule has 2 aromatic rings. The maximum Gasteiger partial charge on any atom is 0.270 e. The summed E-state index contributed by atoms with van der Waals surface area (Å²) in [7, 11) is 1.80. The fourth-order valence-corrected chi connectivity index (χ4v) is 2.25. The molecule has 0 saturated carbocycles. The van der Waals surface area contributed by atoms with Crippen molar-refractivity contribution in [2.24, 2.45) is 7.05 Å². The number of nitrogens with zero attached hydrogens (tertiary/aromatic N) is 3. The molecule has 0 amide bonds. The second kappa shape index (κ2) is 5.31. The van der Waals surface area contributed by atoms with Crippen LogP contribution in [-0.2, 0) is 13.6 Å². The predicted octanol–water partition coefficient (Wildman–Crippen LogP) is 2.46. The molecule has 1 aromatic heterocycles. The smallest absolute Gasteiger partial charge is 0.270 e. The SMILES string of the molecule is CC(C)NCc1c(C#N)n(C)c2ccc([N+](=O)[O-])cc12. The first-order valence-corrected chi connectivity index (χ1v) is 6.35. The number of fused-ring (bicyclic) bond motifs is 1. The largest absolute Gasteiger partial charge is 0.335 e. The molecule has 0 unspecified atom stereocenters. The van der Waals surface area contributed by atoms with Crippen molar-refractivity contribution in [2.45, 2.75) is 26.4 Å². The number of hydrogen-bond acceptors (Lipinski definition) is 4. The minimum absolute atomic E-state index is 0.0402. The van der Waals surface area contributed by atoms with E-state index in [4.69, 9.17) is 0 Å². The molecule has 104 valence electrons. The third-order valence-corrected chi connectivity index (χ3v) is 3.29. The number of aromatic nitrogens is 1. The van der Waals surface area contributed by atoms with Crippen molar-refractivity contribution < 1.29 is 4.92 Å². The van der Waals surface area contributed by atoms with Gasteiger partial charge in [-0.2, -0.15) is 5.26 Å². The lowest BCUT2D eigenvalue weighted by Crippen LogP contribution is -2.22. The highest BCUT2D eigenvalue weighted by atomic mass is 16.6. The zero-order chi connectivity index (χ0) is 14.9. The monoisotopic (exact) mass is 272 g/mol. The lowest BCUT2D eigenvalue weighted by Gasteiger charge is -2.07. The van der Waals surface area contributed by atoms with Gasteiger partial charge in [-0.05, 0) is 6.07 Å². The first-order valence-electron chi connectivity index (χ1n) is 6.35. The van der Waals surface area contributed by atoms with Crippen molar-refractivity contribution in [1.29, 1.82) is 5.26 Å². The van der Waals surface area contributed by atoms with Crippen molar-refractivity contribution in [2.75, 3.05) is 0 Å². The summed E-state index contributed by atoms with van der Waals surface area (Å²) in [6, 6.07) is 7.14. The van der Waals surface area contributed by atoms with Gasteiger partial charge in [-0.15, -0.1) is 0 Å². The molecular formula is C14H16N4O2. The molecule has 0 aliphatic carbocycles. The molecule has 1 N–H and O–H groups in total. The number of rotatable bonds is 4. The molecule has 0 aliphatic heterocycles. The Morgan fingerprint density at radius 1 is 1.50 bits per heavy atom. The Labute approximate surface area is 116 Å². The summed E-state index contributed by atoms with van der Waals surface area (Å²) in [5, 5.41) is 24.2. The molecule has 0 fully saturated rings. The number of nitro benzene ring substituents is 1. The van der Waals surface area contributed by atoms with Gasteiger partial charge in [-0.25, -0.2) is 0 Å². The van der Waals surface area contributed by atoms with Crippen LogP contribution in [0.15, 0.2) is 18.2 Å². The zero-order valence-electron chi connectivity index (χ0n) is 11.7. The van der Waals surface area contributed by atoms with Crippen molar-refractivity contribution in [3.8, 4) is 6.07 Å². The molecule has 0 atom stereocenters. The molecule has 6 nitrogen and oxygen atoms in total. The van der Waals surface area contributed by atoms with E-state index in [0.29, 0.717) is 12.2 Å². The zero-order valence-corrected chi connectivity index (χ0v) is 11.7. The summed E-state index contributed by atoms with van der Waals surface area (Å²) in [5.74, 6) is 0. The Kier molecular flexibility index (Phi) is 3.72. The number of nitriles is 1. The van der Waals surface area contributed by atoms with Crippen LogP contribution in [0.1, 0.15) is 25.1 Å². The molecular weight excluding hydrogens is 256 g/mol. The highest BCUT2D eigenvalue weighted by molar-refractivity contribution is 5.88. The van der Waals surface area contributed by atoms with E-state index in [1.54, 1.807) is 17.7 Å². The molecule has 6 heteroatoms. The van der Waals surface area contributed by atoms with E-state index in [-0.39, 0.29) is 11.7 Å². The van der Waals surface area contributed by atoms with E-state index in [1.165, 1.54) is 12.1 Å². The Hall–Kier alpha value is -2.39. The lowest BCUT2D eigenvalue weighted by atomic mass is 10.1. The van der Waals surface area contributed by atoms with Crippen molar-refractivity contribution >= 4 is 16.6 Å². The Bertz CT molecular complexity index is 710. The summed E-state index contributed by atoms with van der Waals surface area (Å²) < 4.78 is 1.77. The van der Waals surface area contributed by atoms with Crippen molar-refractivity contribution in [1.82, 2.24) is 9.88 Å². The van der Waals surface area contributed by atoms with Crippen LogP contribution in [-0.4, -0.2) is 15.5 Å². The van der Waals surface area contributed by atoms with Gasteiger partial charge in [0.05, 0.1) is 4.92 Å². The minimum Gasteiger partial charge on any atom is -0.335 e. The van der Waals surface area contributed by atoms with Crippen LogP contribution in [0.4, 0.5) is 5.69 Å². The van der Waals surface area contributed by atoms with Crippen LogP contribution in [0.2, 0.25) is 0 Å². The minimum atomic E-state index is -0.419. The van der Waals surface area contributed by atoms with Gasteiger partial charge in [0.25, 0.3) is 5.69 Å². The maximum atomic E-state index is 10.9. The molecule has 0 radical (unpaired) electrons. The van der Waals surface area contributed by atoms with Crippen LogP contribution < -0.4 is 5.32 Å². The Morgan fingerprint density at radius 3 is 2.75 bits per heavy atom. The van der Waals surface area contributed by atoms with Crippen LogP contribution >= 0.6 is 0 Å². The van der Waals surface area contributed by atoms with Crippen LogP contribution in [0.25, 0.3) is 10.9 Å². The van der Waals surface area contributed by atoms with Gasteiger partial charge in [0, 0.05) is 48.2 Å². The standard InChI is InChI=1S/C14H16N4O2/c1-9(2)16-8-12-11-6-10(18(19)20)4-5-13(11)17(3)14(12)7-15/h4-6,9,16H,8H2,1-3H3. The average molecular weight is 272 g/mol. The van der Waals surface area contributed by atoms with E-state index in [9.17, 15) is 15.4 Å². The maximum absolute atomic E-state index is 10.9. The quantitative estimate of drug-likeness (QED) is 0.684. The summed E-state index contributed by atoms with van der Waals surface area (Å²) in [6.45, 7) is 4.54. The van der Waals surface area contributed by atoms with E-state index in [1.807, 2.05) is 13.8 Å². The number of nitro groups is 1. The molecule has 2 rings (SSSR count). The number of hydrogen-bond donors (Lipinski definition) is 1. The lowest BCUT2D eigenvalue weighted by molar-refractivity contribution is -0.384. The Balaban J connectivity index is 2.64. The van der Waals surface area contributed by atoms with Gasteiger partial charge in [0.1, 0.15) is 11.8 Å². The number of nitrogens with one attached hydrogen (secondary N) is 1. The number of aryl methyl sites for hydroxylation is 1. The van der Waals surface area contributed by atoms with Gasteiger partial charge in [-0.3, -0.25) is 10.1 Å². The van der Waals surface area contributed by atoms with Gasteiger partial charge >= 0.3 is 0 Å². The van der Waals surface area contributed by atoms with E-state index in [0.717, 1.165) is 16.5 Å². The summed E-state index contributed by atoms with van der Waals surface area (Å²) in [4.78, 5) is 10.5. The van der Waals surface area contributed by atoms with Gasteiger partial charge in [0.15, 0.2) is 0 Å². The first kappa shape index (κ1) is 14.0. The van der Waals surface area contributed by atoms with Crippen LogP contribution in [0, 0.1) is 21.4 Å². The van der Waals surface area contributed by atoms with Crippen molar-refractivity contribution in [3.05, 3.63) is 39.6 Å². The predicted molar refractivity (Wildman–Crippen MR) is 76.3 cm³/mol. The number of benzene rings is 1. The normalized spacial score (nSPS) is 10.9. The molecule has 20 heavy (non-hydrogen) atoms. The molecule has 0 saturated heterocycles. The molecule has 1 aromatic carbocycles. The third-order valence-electron chi connectivity index (χ3n) is 3.29. The highest BCUT2D eigenvalue weighted by Crippen LogP contribution is 2.28. The second-order valence-electron chi connectivity index (χ2n) is 4.99. The van der Waals surface area contributed by atoms with E-state index >= 15 is 0 Å². The number of non-ortho nitro benzene ring substituents is 1. The molecule has 1 heterocycles.